The predicted molar refractivity (Wildman–Crippen MR) is 83.7 cm³/mol. The monoisotopic (exact) mass is 272 g/mol. The quantitative estimate of drug-likeness (QED) is 0.906. The molecule has 1 atom stereocenters. The van der Waals surface area contributed by atoms with Crippen LogP contribution in [0.5, 0.6) is 0 Å². The van der Waals surface area contributed by atoms with Crippen molar-refractivity contribution in [2.45, 2.75) is 38.3 Å². The summed E-state index contributed by atoms with van der Waals surface area (Å²) in [7, 11) is 4.08. The molecule has 0 amide bonds. The minimum absolute atomic E-state index is 0.246. The van der Waals surface area contributed by atoms with E-state index in [0.717, 1.165) is 29.2 Å². The minimum Gasteiger partial charge on any atom is -0.386 e. The standard InChI is InChI=1S/C17H24N2O/c1-5-17(6-2,19(3)4)16(20)14-9-7-8-13-10-11-18-12-15(13)14/h7-12,16,20H,5-6H2,1-4H3. The molecule has 0 aliphatic heterocycles. The van der Waals surface area contributed by atoms with Gasteiger partial charge in [0.2, 0.25) is 0 Å². The van der Waals surface area contributed by atoms with Crippen molar-refractivity contribution in [3.63, 3.8) is 0 Å². The smallest absolute Gasteiger partial charge is 0.0979 e. The van der Waals surface area contributed by atoms with Gasteiger partial charge in [-0.1, -0.05) is 32.0 Å². The maximum Gasteiger partial charge on any atom is 0.0979 e. The van der Waals surface area contributed by atoms with Crippen LogP contribution in [0.15, 0.2) is 36.7 Å². The van der Waals surface area contributed by atoms with E-state index in [2.05, 4.69) is 29.8 Å². The molecule has 0 bridgehead atoms. The van der Waals surface area contributed by atoms with Gasteiger partial charge >= 0.3 is 0 Å². The van der Waals surface area contributed by atoms with Gasteiger partial charge in [-0.05, 0) is 44.0 Å². The number of benzene rings is 1. The minimum atomic E-state index is -0.527. The van der Waals surface area contributed by atoms with Gasteiger partial charge < -0.3 is 10.0 Å². The highest BCUT2D eigenvalue weighted by Gasteiger charge is 2.38. The van der Waals surface area contributed by atoms with Crippen LogP contribution >= 0.6 is 0 Å². The third kappa shape index (κ3) is 2.32. The second kappa shape index (κ2) is 5.90. The molecule has 1 N–H and O–H groups in total. The first-order valence-electron chi connectivity index (χ1n) is 7.25. The number of hydrogen-bond donors (Lipinski definition) is 1. The Morgan fingerprint density at radius 3 is 2.50 bits per heavy atom. The lowest BCUT2D eigenvalue weighted by Gasteiger charge is -2.43. The lowest BCUT2D eigenvalue weighted by atomic mass is 9.80. The molecule has 108 valence electrons. The molecule has 0 saturated heterocycles. The van der Waals surface area contributed by atoms with E-state index in [4.69, 9.17) is 0 Å². The third-order valence-electron chi connectivity index (χ3n) is 4.64. The van der Waals surface area contributed by atoms with E-state index < -0.39 is 6.10 Å². The van der Waals surface area contributed by atoms with Crippen LogP contribution in [-0.4, -0.2) is 34.6 Å². The Hall–Kier alpha value is -1.45. The first-order chi connectivity index (χ1) is 9.56. The van der Waals surface area contributed by atoms with Crippen molar-refractivity contribution in [3.05, 3.63) is 42.2 Å². The maximum atomic E-state index is 11.0. The molecule has 1 aromatic heterocycles. The van der Waals surface area contributed by atoms with Crippen molar-refractivity contribution in [1.29, 1.82) is 0 Å². The summed E-state index contributed by atoms with van der Waals surface area (Å²) in [6.07, 6.45) is 4.90. The fraction of sp³-hybridized carbons (Fsp3) is 0.471. The summed E-state index contributed by atoms with van der Waals surface area (Å²) in [6, 6.07) is 8.06. The van der Waals surface area contributed by atoms with Gasteiger partial charge in [-0.3, -0.25) is 4.98 Å². The fourth-order valence-corrected chi connectivity index (χ4v) is 3.18. The average molecular weight is 272 g/mol. The Morgan fingerprint density at radius 1 is 1.20 bits per heavy atom. The molecule has 3 nitrogen and oxygen atoms in total. The molecular weight excluding hydrogens is 248 g/mol. The maximum absolute atomic E-state index is 11.0. The normalized spacial score (nSPS) is 13.9. The zero-order valence-corrected chi connectivity index (χ0v) is 12.8. The predicted octanol–water partition coefficient (Wildman–Crippen LogP) is 3.39. The number of rotatable bonds is 5. The number of nitrogens with zero attached hydrogens (tertiary/aromatic N) is 2. The topological polar surface area (TPSA) is 36.4 Å². The zero-order valence-electron chi connectivity index (χ0n) is 12.8. The van der Waals surface area contributed by atoms with Gasteiger partial charge in [0.1, 0.15) is 0 Å². The lowest BCUT2D eigenvalue weighted by Crippen LogP contribution is -2.48. The molecule has 20 heavy (non-hydrogen) atoms. The van der Waals surface area contributed by atoms with Crippen LogP contribution < -0.4 is 0 Å². The third-order valence-corrected chi connectivity index (χ3v) is 4.64. The SMILES string of the molecule is CCC(CC)(C(O)c1cccc2ccncc12)N(C)C. The number of aliphatic hydroxyl groups excluding tert-OH is 1. The van der Waals surface area contributed by atoms with Crippen LogP contribution in [0, 0.1) is 0 Å². The molecule has 0 aliphatic rings. The van der Waals surface area contributed by atoms with E-state index in [1.165, 1.54) is 0 Å². The molecular formula is C17H24N2O. The van der Waals surface area contributed by atoms with Gasteiger partial charge in [0.25, 0.3) is 0 Å². The number of fused-ring (bicyclic) bond motifs is 1. The van der Waals surface area contributed by atoms with Crippen LogP contribution in [0.3, 0.4) is 0 Å². The van der Waals surface area contributed by atoms with Crippen LogP contribution in [0.25, 0.3) is 10.8 Å². The molecule has 0 spiro atoms. The molecule has 0 fully saturated rings. The summed E-state index contributed by atoms with van der Waals surface area (Å²) < 4.78 is 0. The highest BCUT2D eigenvalue weighted by atomic mass is 16.3. The van der Waals surface area contributed by atoms with Gasteiger partial charge in [-0.2, -0.15) is 0 Å². The van der Waals surface area contributed by atoms with Crippen molar-refractivity contribution in [1.82, 2.24) is 9.88 Å². The van der Waals surface area contributed by atoms with E-state index in [0.29, 0.717) is 0 Å². The Kier molecular flexibility index (Phi) is 4.41. The van der Waals surface area contributed by atoms with E-state index in [-0.39, 0.29) is 5.54 Å². The van der Waals surface area contributed by atoms with E-state index in [9.17, 15) is 5.11 Å². The average Bonchev–Trinajstić information content (AvgIpc) is 2.48. The molecule has 3 heteroatoms. The van der Waals surface area contributed by atoms with Crippen LogP contribution in [0.2, 0.25) is 0 Å². The van der Waals surface area contributed by atoms with Gasteiger partial charge in [0, 0.05) is 23.3 Å². The Balaban J connectivity index is 2.57. The Morgan fingerprint density at radius 2 is 1.90 bits per heavy atom. The molecule has 2 rings (SSSR count). The number of likely N-dealkylation sites (N-methyl/N-ethyl adjacent to an activating group) is 1. The van der Waals surface area contributed by atoms with Gasteiger partial charge in [-0.15, -0.1) is 0 Å². The van der Waals surface area contributed by atoms with Crippen molar-refractivity contribution in [3.8, 4) is 0 Å². The number of pyridine rings is 1. The van der Waals surface area contributed by atoms with Crippen LogP contribution in [0.4, 0.5) is 0 Å². The van der Waals surface area contributed by atoms with E-state index >= 15 is 0 Å². The molecule has 0 radical (unpaired) electrons. The van der Waals surface area contributed by atoms with Crippen molar-refractivity contribution in [2.24, 2.45) is 0 Å². The second-order valence-electron chi connectivity index (χ2n) is 5.55. The van der Waals surface area contributed by atoms with Crippen molar-refractivity contribution in [2.75, 3.05) is 14.1 Å². The second-order valence-corrected chi connectivity index (χ2v) is 5.55. The van der Waals surface area contributed by atoms with Crippen LogP contribution in [0.1, 0.15) is 38.4 Å². The van der Waals surface area contributed by atoms with Crippen molar-refractivity contribution >= 4 is 10.8 Å². The fourth-order valence-electron chi connectivity index (χ4n) is 3.18. The molecule has 2 aromatic rings. The summed E-state index contributed by atoms with van der Waals surface area (Å²) in [5.74, 6) is 0. The van der Waals surface area contributed by atoms with E-state index in [1.54, 1.807) is 6.20 Å². The van der Waals surface area contributed by atoms with Crippen molar-refractivity contribution < 1.29 is 5.11 Å². The molecule has 1 heterocycles. The van der Waals surface area contributed by atoms with Gasteiger partial charge in [0.15, 0.2) is 0 Å². The number of hydrogen-bond acceptors (Lipinski definition) is 3. The van der Waals surface area contributed by atoms with Gasteiger partial charge in [-0.25, -0.2) is 0 Å². The lowest BCUT2D eigenvalue weighted by molar-refractivity contribution is -0.0141. The van der Waals surface area contributed by atoms with Crippen LogP contribution in [-0.2, 0) is 0 Å². The van der Waals surface area contributed by atoms with E-state index in [1.807, 2.05) is 38.5 Å². The Bertz CT molecular complexity index is 571. The summed E-state index contributed by atoms with van der Waals surface area (Å²) in [5.41, 5.74) is 0.720. The molecule has 0 saturated carbocycles. The largest absolute Gasteiger partial charge is 0.386 e. The highest BCUT2D eigenvalue weighted by Crippen LogP contribution is 2.38. The number of aliphatic hydroxyl groups is 1. The zero-order chi connectivity index (χ0) is 14.8. The molecule has 1 aromatic carbocycles. The summed E-state index contributed by atoms with van der Waals surface area (Å²) in [5, 5.41) is 13.2. The van der Waals surface area contributed by atoms with Gasteiger partial charge in [0.05, 0.1) is 6.10 Å². The first kappa shape index (κ1) is 14.9. The molecule has 1 unspecified atom stereocenters. The summed E-state index contributed by atoms with van der Waals surface area (Å²) in [6.45, 7) is 4.27. The first-order valence-corrected chi connectivity index (χ1v) is 7.25. The summed E-state index contributed by atoms with van der Waals surface area (Å²) >= 11 is 0. The number of aromatic nitrogens is 1. The summed E-state index contributed by atoms with van der Waals surface area (Å²) in [4.78, 5) is 6.36. The molecule has 0 aliphatic carbocycles. The highest BCUT2D eigenvalue weighted by molar-refractivity contribution is 5.85. The Labute approximate surface area is 121 Å².